The van der Waals surface area contributed by atoms with Crippen LogP contribution < -0.4 is 19.9 Å². The fourth-order valence-corrected chi connectivity index (χ4v) is 2.52. The van der Waals surface area contributed by atoms with Crippen LogP contribution in [0.15, 0.2) is 12.1 Å². The summed E-state index contributed by atoms with van der Waals surface area (Å²) < 4.78 is 16.1. The number of ether oxygens (including phenoxy) is 3. The minimum Gasteiger partial charge on any atom is -0.493 e. The maximum atomic E-state index is 9.47. The summed E-state index contributed by atoms with van der Waals surface area (Å²) in [5, 5.41) is 9.47. The normalized spacial score (nSPS) is 10.1. The van der Waals surface area contributed by atoms with E-state index in [9.17, 15) is 5.26 Å². The number of nitrogens with zero attached hydrogens (tertiary/aromatic N) is 2. The molecule has 2 aromatic rings. The third-order valence-electron chi connectivity index (χ3n) is 3.78. The molecule has 0 radical (unpaired) electrons. The highest BCUT2D eigenvalue weighted by molar-refractivity contribution is 5.81. The standard InChI is InChI=1S/C17H19N3O3/c1-9-10(2)20-17(19)12(8-18)15(9)11-6-13(21-3)16(23-5)14(7-11)22-4/h6-7H,1-5H3,(H2,19,20). The third-order valence-corrected chi connectivity index (χ3v) is 3.78. The molecule has 2 rings (SSSR count). The fraction of sp³-hybridized carbons (Fsp3) is 0.294. The van der Waals surface area contributed by atoms with Crippen molar-refractivity contribution in [1.82, 2.24) is 4.98 Å². The summed E-state index contributed by atoms with van der Waals surface area (Å²) in [5.41, 5.74) is 9.37. The first-order chi connectivity index (χ1) is 11.0. The zero-order valence-corrected chi connectivity index (χ0v) is 13.9. The molecule has 0 saturated heterocycles. The maximum Gasteiger partial charge on any atom is 0.203 e. The van der Waals surface area contributed by atoms with Gasteiger partial charge in [-0.05, 0) is 37.1 Å². The second kappa shape index (κ2) is 6.44. The highest BCUT2D eigenvalue weighted by Crippen LogP contribution is 2.43. The Kier molecular flexibility index (Phi) is 4.60. The van der Waals surface area contributed by atoms with Crippen LogP contribution in [0.2, 0.25) is 0 Å². The summed E-state index contributed by atoms with van der Waals surface area (Å²) in [4.78, 5) is 4.22. The Bertz CT molecular complexity index is 770. The fourth-order valence-electron chi connectivity index (χ4n) is 2.52. The Labute approximate surface area is 135 Å². The second-order valence-corrected chi connectivity index (χ2v) is 4.98. The predicted octanol–water partition coefficient (Wildman–Crippen LogP) is 2.85. The van der Waals surface area contributed by atoms with E-state index in [1.807, 2.05) is 13.8 Å². The van der Waals surface area contributed by atoms with Crippen LogP contribution in [0.25, 0.3) is 11.1 Å². The molecule has 0 atom stereocenters. The van der Waals surface area contributed by atoms with Gasteiger partial charge >= 0.3 is 0 Å². The maximum absolute atomic E-state index is 9.47. The average molecular weight is 313 g/mol. The Morgan fingerprint density at radius 1 is 1.04 bits per heavy atom. The van der Waals surface area contributed by atoms with E-state index in [1.165, 1.54) is 0 Å². The first-order valence-electron chi connectivity index (χ1n) is 6.95. The molecule has 23 heavy (non-hydrogen) atoms. The van der Waals surface area contributed by atoms with Crippen molar-refractivity contribution in [3.05, 3.63) is 29.0 Å². The van der Waals surface area contributed by atoms with Gasteiger partial charge in [0.25, 0.3) is 0 Å². The van der Waals surface area contributed by atoms with Gasteiger partial charge in [-0.2, -0.15) is 5.26 Å². The van der Waals surface area contributed by atoms with Gasteiger partial charge in [0.15, 0.2) is 11.5 Å². The predicted molar refractivity (Wildman–Crippen MR) is 87.9 cm³/mol. The summed E-state index contributed by atoms with van der Waals surface area (Å²) in [6, 6.07) is 5.72. The van der Waals surface area contributed by atoms with Crippen LogP contribution in [-0.4, -0.2) is 26.3 Å². The number of rotatable bonds is 4. The van der Waals surface area contributed by atoms with E-state index < -0.39 is 0 Å². The minimum absolute atomic E-state index is 0.208. The number of nitriles is 1. The Hall–Kier alpha value is -2.94. The van der Waals surface area contributed by atoms with Crippen molar-refractivity contribution in [2.75, 3.05) is 27.1 Å². The van der Waals surface area contributed by atoms with E-state index in [2.05, 4.69) is 11.1 Å². The van der Waals surface area contributed by atoms with Gasteiger partial charge in [0.05, 0.1) is 21.3 Å². The van der Waals surface area contributed by atoms with Gasteiger partial charge in [0.1, 0.15) is 17.5 Å². The number of aryl methyl sites for hydroxylation is 1. The number of nitrogens with two attached hydrogens (primary N) is 1. The number of hydrogen-bond acceptors (Lipinski definition) is 6. The molecule has 0 unspecified atom stereocenters. The van der Waals surface area contributed by atoms with Gasteiger partial charge in [-0.25, -0.2) is 4.98 Å². The highest BCUT2D eigenvalue weighted by Gasteiger charge is 2.20. The molecule has 1 heterocycles. The second-order valence-electron chi connectivity index (χ2n) is 4.98. The topological polar surface area (TPSA) is 90.4 Å². The lowest BCUT2D eigenvalue weighted by molar-refractivity contribution is 0.324. The molecule has 120 valence electrons. The quantitative estimate of drug-likeness (QED) is 0.933. The first-order valence-corrected chi connectivity index (χ1v) is 6.95. The number of methoxy groups -OCH3 is 3. The molecule has 6 nitrogen and oxygen atoms in total. The molecule has 0 bridgehead atoms. The minimum atomic E-state index is 0.208. The van der Waals surface area contributed by atoms with Crippen LogP contribution in [0, 0.1) is 25.2 Å². The average Bonchev–Trinajstić information content (AvgIpc) is 2.56. The van der Waals surface area contributed by atoms with Crippen LogP contribution in [0.4, 0.5) is 5.82 Å². The Balaban J connectivity index is 2.85. The smallest absolute Gasteiger partial charge is 0.203 e. The van der Waals surface area contributed by atoms with Crippen molar-refractivity contribution >= 4 is 5.82 Å². The van der Waals surface area contributed by atoms with E-state index in [0.717, 1.165) is 22.4 Å². The van der Waals surface area contributed by atoms with Crippen LogP contribution in [0.1, 0.15) is 16.8 Å². The van der Waals surface area contributed by atoms with Crippen molar-refractivity contribution in [3.63, 3.8) is 0 Å². The number of aromatic nitrogens is 1. The van der Waals surface area contributed by atoms with Crippen molar-refractivity contribution in [2.45, 2.75) is 13.8 Å². The molecule has 2 N–H and O–H groups in total. The molecule has 0 aliphatic rings. The van der Waals surface area contributed by atoms with Crippen molar-refractivity contribution in [2.24, 2.45) is 0 Å². The third kappa shape index (κ3) is 2.73. The van der Waals surface area contributed by atoms with E-state index in [-0.39, 0.29) is 5.82 Å². The van der Waals surface area contributed by atoms with Gasteiger partial charge < -0.3 is 19.9 Å². The lowest BCUT2D eigenvalue weighted by Crippen LogP contribution is -2.03. The summed E-state index contributed by atoms with van der Waals surface area (Å²) in [7, 11) is 4.64. The van der Waals surface area contributed by atoms with Gasteiger partial charge in [-0.15, -0.1) is 0 Å². The highest BCUT2D eigenvalue weighted by atomic mass is 16.5. The SMILES string of the molecule is COc1cc(-c2c(C)c(C)nc(N)c2C#N)cc(OC)c1OC. The summed E-state index contributed by atoms with van der Waals surface area (Å²) in [5.74, 6) is 1.73. The Morgan fingerprint density at radius 2 is 1.61 bits per heavy atom. The van der Waals surface area contributed by atoms with Crippen LogP contribution in [-0.2, 0) is 0 Å². The van der Waals surface area contributed by atoms with Gasteiger partial charge in [0, 0.05) is 11.3 Å². The lowest BCUT2D eigenvalue weighted by Gasteiger charge is -2.17. The Morgan fingerprint density at radius 3 is 2.04 bits per heavy atom. The zero-order valence-electron chi connectivity index (χ0n) is 13.9. The van der Waals surface area contributed by atoms with Crippen LogP contribution in [0.3, 0.4) is 0 Å². The molecule has 0 aliphatic heterocycles. The van der Waals surface area contributed by atoms with E-state index in [4.69, 9.17) is 19.9 Å². The van der Waals surface area contributed by atoms with Crippen molar-refractivity contribution < 1.29 is 14.2 Å². The van der Waals surface area contributed by atoms with Crippen LogP contribution in [0.5, 0.6) is 17.2 Å². The summed E-state index contributed by atoms with van der Waals surface area (Å²) in [6.07, 6.45) is 0. The number of pyridine rings is 1. The molecular weight excluding hydrogens is 294 g/mol. The summed E-state index contributed by atoms with van der Waals surface area (Å²) >= 11 is 0. The van der Waals surface area contributed by atoms with Crippen molar-refractivity contribution in [3.8, 4) is 34.4 Å². The van der Waals surface area contributed by atoms with Gasteiger partial charge in [0.2, 0.25) is 5.75 Å². The number of nitrogen functional groups attached to an aromatic ring is 1. The molecule has 0 saturated carbocycles. The molecule has 1 aromatic carbocycles. The summed E-state index contributed by atoms with van der Waals surface area (Å²) in [6.45, 7) is 3.76. The molecular formula is C17H19N3O3. The zero-order chi connectivity index (χ0) is 17.1. The van der Waals surface area contributed by atoms with Gasteiger partial charge in [-0.3, -0.25) is 0 Å². The lowest BCUT2D eigenvalue weighted by atomic mass is 9.94. The molecule has 0 spiro atoms. The molecule has 0 aliphatic carbocycles. The van der Waals surface area contributed by atoms with Crippen LogP contribution >= 0.6 is 0 Å². The molecule has 6 heteroatoms. The van der Waals surface area contributed by atoms with E-state index in [1.54, 1.807) is 33.5 Å². The molecule has 0 amide bonds. The number of hydrogen-bond donors (Lipinski definition) is 1. The van der Waals surface area contributed by atoms with Gasteiger partial charge in [-0.1, -0.05) is 0 Å². The number of anilines is 1. The largest absolute Gasteiger partial charge is 0.493 e. The monoisotopic (exact) mass is 313 g/mol. The first kappa shape index (κ1) is 16.4. The van der Waals surface area contributed by atoms with E-state index >= 15 is 0 Å². The van der Waals surface area contributed by atoms with Crippen molar-refractivity contribution in [1.29, 1.82) is 5.26 Å². The molecule has 1 aromatic heterocycles. The molecule has 0 fully saturated rings. The van der Waals surface area contributed by atoms with E-state index in [0.29, 0.717) is 22.8 Å². The number of benzene rings is 1.